The average Bonchev–Trinajstić information content (AvgIpc) is 2.89. The summed E-state index contributed by atoms with van der Waals surface area (Å²) in [6, 6.07) is 7.02. The van der Waals surface area contributed by atoms with Crippen LogP contribution in [0.25, 0.3) is 0 Å². The molecule has 3 amide bonds. The molecular weight excluding hydrogens is 326 g/mol. The topological polar surface area (TPSA) is 63.1 Å². The number of nitrogens with one attached hydrogen (secondary N) is 2. The lowest BCUT2D eigenvalue weighted by atomic mass is 10.1. The fourth-order valence-corrected chi connectivity index (χ4v) is 3.57. The van der Waals surface area contributed by atoms with E-state index in [0.29, 0.717) is 12.1 Å². The Hall–Kier alpha value is -1.57. The fourth-order valence-electron chi connectivity index (χ4n) is 3.10. The molecule has 2 aliphatic heterocycles. The molecule has 7 heteroatoms. The van der Waals surface area contributed by atoms with Crippen molar-refractivity contribution in [3.8, 4) is 0 Å². The maximum Gasteiger partial charge on any atom is 0.329 e. The summed E-state index contributed by atoms with van der Waals surface area (Å²) in [5.74, 6) is 0.701. The lowest BCUT2D eigenvalue weighted by Crippen LogP contribution is -3.12. The summed E-state index contributed by atoms with van der Waals surface area (Å²) in [6.45, 7) is 4.61. The van der Waals surface area contributed by atoms with Crippen molar-refractivity contribution in [2.75, 3.05) is 43.2 Å². The van der Waals surface area contributed by atoms with Gasteiger partial charge in [-0.3, -0.25) is 4.79 Å². The van der Waals surface area contributed by atoms with Crippen LogP contribution in [0.5, 0.6) is 0 Å². The quantitative estimate of drug-likeness (QED) is 0.724. The van der Waals surface area contributed by atoms with Gasteiger partial charge in [-0.05, 0) is 30.6 Å². The van der Waals surface area contributed by atoms with Crippen LogP contribution in [0.2, 0.25) is 0 Å². The second kappa shape index (κ2) is 8.00. The molecule has 1 aromatic carbocycles. The molecule has 1 aromatic rings. The maximum atomic E-state index is 12.4. The molecule has 24 heavy (non-hydrogen) atoms. The van der Waals surface area contributed by atoms with Crippen molar-refractivity contribution in [1.29, 1.82) is 0 Å². The Kier molecular flexibility index (Phi) is 5.76. The molecule has 6 nitrogen and oxygen atoms in total. The third-order valence-electron chi connectivity index (χ3n) is 4.48. The van der Waals surface area contributed by atoms with Crippen molar-refractivity contribution in [2.45, 2.75) is 19.0 Å². The Labute approximate surface area is 146 Å². The van der Waals surface area contributed by atoms with Gasteiger partial charge in [0.25, 0.3) is 5.91 Å². The first kappa shape index (κ1) is 17.3. The van der Waals surface area contributed by atoms with E-state index >= 15 is 0 Å². The van der Waals surface area contributed by atoms with Crippen LogP contribution < -0.4 is 15.1 Å². The molecule has 2 heterocycles. The molecule has 0 spiro atoms. The van der Waals surface area contributed by atoms with Crippen molar-refractivity contribution in [1.82, 2.24) is 5.32 Å². The maximum absolute atomic E-state index is 12.4. The highest BCUT2D eigenvalue weighted by Gasteiger charge is 2.38. The number of rotatable bonds is 6. The van der Waals surface area contributed by atoms with Gasteiger partial charge in [0.05, 0.1) is 18.9 Å². The molecule has 2 saturated heterocycles. The molecule has 1 atom stereocenters. The van der Waals surface area contributed by atoms with E-state index in [1.807, 2.05) is 30.5 Å². The highest BCUT2D eigenvalue weighted by Crippen LogP contribution is 2.21. The summed E-state index contributed by atoms with van der Waals surface area (Å²) in [7, 11) is 0. The first-order valence-corrected chi connectivity index (χ1v) is 9.72. The van der Waals surface area contributed by atoms with Crippen molar-refractivity contribution in [2.24, 2.45) is 0 Å². The summed E-state index contributed by atoms with van der Waals surface area (Å²) in [6.07, 6.45) is 2.66. The fraction of sp³-hybridized carbons (Fsp3) is 0.529. The summed E-state index contributed by atoms with van der Waals surface area (Å²) in [5, 5.41) is 2.77. The Morgan fingerprint density at radius 1 is 1.25 bits per heavy atom. The molecule has 130 valence electrons. The molecule has 0 radical (unpaired) electrons. The minimum atomic E-state index is -0.401. The van der Waals surface area contributed by atoms with E-state index in [1.165, 1.54) is 15.4 Å². The number of carbonyl (C=O) groups is 2. The predicted octanol–water partition coefficient (Wildman–Crippen LogP) is 0.280. The van der Waals surface area contributed by atoms with Crippen LogP contribution in [0, 0.1) is 0 Å². The van der Waals surface area contributed by atoms with E-state index in [9.17, 15) is 9.59 Å². The second-order valence-corrected chi connectivity index (χ2v) is 7.15. The zero-order chi connectivity index (χ0) is 16.9. The second-order valence-electron chi connectivity index (χ2n) is 6.16. The Balaban J connectivity index is 1.64. The minimum absolute atomic E-state index is 0.152. The van der Waals surface area contributed by atoms with E-state index in [2.05, 4.69) is 5.32 Å². The number of amides is 3. The standard InChI is InChI=1S/C17H23N3O3S/c1-24-11-6-15-16(21)20(17(22)18-15)14-4-2-13(3-5-14)12-19-7-9-23-10-8-19/h2-5,15H,6-12H2,1H3,(H,18,22)/p+1/t15-/m0/s1. The van der Waals surface area contributed by atoms with E-state index in [0.717, 1.165) is 38.6 Å². The van der Waals surface area contributed by atoms with Gasteiger partial charge >= 0.3 is 6.03 Å². The van der Waals surface area contributed by atoms with Crippen LogP contribution in [0.3, 0.4) is 0 Å². The minimum Gasteiger partial charge on any atom is -0.370 e. The van der Waals surface area contributed by atoms with Crippen LogP contribution in [0.4, 0.5) is 10.5 Å². The van der Waals surface area contributed by atoms with Gasteiger partial charge in [-0.25, -0.2) is 9.69 Å². The van der Waals surface area contributed by atoms with E-state index < -0.39 is 6.04 Å². The van der Waals surface area contributed by atoms with Crippen molar-refractivity contribution < 1.29 is 19.2 Å². The molecule has 3 rings (SSSR count). The molecule has 0 saturated carbocycles. The first-order valence-electron chi connectivity index (χ1n) is 8.32. The number of nitrogens with zero attached hydrogens (tertiary/aromatic N) is 1. The zero-order valence-corrected chi connectivity index (χ0v) is 14.7. The van der Waals surface area contributed by atoms with Crippen molar-refractivity contribution in [3.63, 3.8) is 0 Å². The van der Waals surface area contributed by atoms with Crippen LogP contribution in [0.15, 0.2) is 24.3 Å². The molecule has 0 aliphatic carbocycles. The normalized spacial score (nSPS) is 22.0. The molecule has 0 aromatic heterocycles. The lowest BCUT2D eigenvalue weighted by molar-refractivity contribution is -0.921. The van der Waals surface area contributed by atoms with Crippen molar-refractivity contribution in [3.05, 3.63) is 29.8 Å². The molecular formula is C17H24N3O3S+. The Bertz CT molecular complexity index is 587. The van der Waals surface area contributed by atoms with E-state index in [4.69, 9.17) is 4.74 Å². The summed E-state index contributed by atoms with van der Waals surface area (Å²) in [4.78, 5) is 27.3. The number of urea groups is 1. The number of quaternary nitrogens is 1. The molecule has 0 bridgehead atoms. The SMILES string of the molecule is CSCC[C@@H]1NC(=O)N(c2ccc(C[NH+]3CCOCC3)cc2)C1=O. The number of morpholine rings is 1. The smallest absolute Gasteiger partial charge is 0.329 e. The first-order chi connectivity index (χ1) is 11.7. The van der Waals surface area contributed by atoms with Gasteiger partial charge in [-0.15, -0.1) is 0 Å². The number of hydrogen-bond donors (Lipinski definition) is 2. The lowest BCUT2D eigenvalue weighted by Gasteiger charge is -2.24. The number of hydrogen-bond acceptors (Lipinski definition) is 4. The highest BCUT2D eigenvalue weighted by molar-refractivity contribution is 7.98. The highest BCUT2D eigenvalue weighted by atomic mass is 32.2. The number of anilines is 1. The van der Waals surface area contributed by atoms with Gasteiger partial charge < -0.3 is 15.0 Å². The average molecular weight is 350 g/mol. The van der Waals surface area contributed by atoms with Gasteiger partial charge in [-0.2, -0.15) is 11.8 Å². The summed E-state index contributed by atoms with van der Waals surface area (Å²) < 4.78 is 5.37. The van der Waals surface area contributed by atoms with Crippen LogP contribution >= 0.6 is 11.8 Å². The van der Waals surface area contributed by atoms with Crippen LogP contribution in [0.1, 0.15) is 12.0 Å². The third kappa shape index (κ3) is 3.91. The molecule has 2 fully saturated rings. The zero-order valence-electron chi connectivity index (χ0n) is 13.9. The Morgan fingerprint density at radius 2 is 1.96 bits per heavy atom. The summed E-state index contributed by atoms with van der Waals surface area (Å²) >= 11 is 1.67. The van der Waals surface area contributed by atoms with Gasteiger partial charge in [0, 0.05) is 5.56 Å². The van der Waals surface area contributed by atoms with E-state index in [-0.39, 0.29) is 11.9 Å². The number of carbonyl (C=O) groups excluding carboxylic acids is 2. The summed E-state index contributed by atoms with van der Waals surface area (Å²) in [5.41, 5.74) is 1.85. The number of benzene rings is 1. The van der Waals surface area contributed by atoms with Gasteiger partial charge in [0.2, 0.25) is 0 Å². The largest absolute Gasteiger partial charge is 0.370 e. The predicted molar refractivity (Wildman–Crippen MR) is 94.5 cm³/mol. The van der Waals surface area contributed by atoms with E-state index in [1.54, 1.807) is 11.8 Å². The monoisotopic (exact) mass is 350 g/mol. The number of ether oxygens (including phenoxy) is 1. The third-order valence-corrected chi connectivity index (χ3v) is 5.12. The number of imide groups is 1. The van der Waals surface area contributed by atoms with Crippen LogP contribution in [-0.4, -0.2) is 56.3 Å². The van der Waals surface area contributed by atoms with Crippen LogP contribution in [-0.2, 0) is 16.1 Å². The van der Waals surface area contributed by atoms with Gasteiger partial charge in [-0.1, -0.05) is 12.1 Å². The van der Waals surface area contributed by atoms with Gasteiger partial charge in [0.15, 0.2) is 0 Å². The number of thioether (sulfide) groups is 1. The Morgan fingerprint density at radius 3 is 2.62 bits per heavy atom. The van der Waals surface area contributed by atoms with Gasteiger partial charge in [0.1, 0.15) is 25.7 Å². The molecule has 0 unspecified atom stereocenters. The van der Waals surface area contributed by atoms with Crippen molar-refractivity contribution >= 4 is 29.4 Å². The molecule has 2 aliphatic rings. The molecule has 2 N–H and O–H groups in total.